The van der Waals surface area contributed by atoms with Crippen LogP contribution in [0, 0.1) is 11.8 Å². The molecule has 1 heterocycles. The Morgan fingerprint density at radius 3 is 2.50 bits per heavy atom. The Morgan fingerprint density at radius 1 is 1.44 bits per heavy atom. The van der Waals surface area contributed by atoms with E-state index in [2.05, 4.69) is 24.2 Å². The van der Waals surface area contributed by atoms with Gasteiger partial charge in [-0.05, 0) is 56.3 Å². The number of hydrogen-bond donors (Lipinski definition) is 1. The maximum Gasteiger partial charge on any atom is 0.145 e. The van der Waals surface area contributed by atoms with Crippen LogP contribution in [0.3, 0.4) is 0 Å². The quantitative estimate of drug-likeness (QED) is 0.475. The van der Waals surface area contributed by atoms with Crippen LogP contribution in [-0.2, 0) is 4.79 Å². The fourth-order valence-electron chi connectivity index (χ4n) is 1.98. The average Bonchev–Trinajstić information content (AvgIpc) is 2.45. The van der Waals surface area contributed by atoms with E-state index < -0.39 is 0 Å². The zero-order valence-electron chi connectivity index (χ0n) is 12.3. The first-order valence-corrected chi connectivity index (χ1v) is 6.90. The molecular weight excluding hydrogens is 224 g/mol. The van der Waals surface area contributed by atoms with Gasteiger partial charge in [0.25, 0.3) is 0 Å². The summed E-state index contributed by atoms with van der Waals surface area (Å²) in [6.45, 7) is 8.90. The van der Waals surface area contributed by atoms with E-state index in [4.69, 9.17) is 0 Å². The zero-order valence-corrected chi connectivity index (χ0v) is 12.3. The second kappa shape index (κ2) is 11.1. The number of carbonyl (C=O) groups is 1. The smallest absolute Gasteiger partial charge is 0.145 e. The third-order valence-corrected chi connectivity index (χ3v) is 3.50. The lowest BCUT2D eigenvalue weighted by molar-refractivity contribution is -0.104. The molecule has 1 aliphatic rings. The molecule has 1 aliphatic heterocycles. The van der Waals surface area contributed by atoms with Crippen LogP contribution in [0.4, 0.5) is 0 Å². The minimum absolute atomic E-state index is 0.690. The lowest BCUT2D eigenvalue weighted by atomic mass is 9.85. The van der Waals surface area contributed by atoms with E-state index >= 15 is 0 Å². The van der Waals surface area contributed by atoms with Crippen molar-refractivity contribution in [2.24, 2.45) is 16.8 Å². The van der Waals surface area contributed by atoms with Crippen molar-refractivity contribution in [1.29, 1.82) is 0 Å². The first-order valence-electron chi connectivity index (χ1n) is 6.90. The molecule has 3 heteroatoms. The van der Waals surface area contributed by atoms with E-state index in [1.807, 2.05) is 0 Å². The Labute approximate surface area is 112 Å². The molecule has 0 aliphatic carbocycles. The number of hydrogen-bond acceptors (Lipinski definition) is 3. The van der Waals surface area contributed by atoms with E-state index in [0.29, 0.717) is 5.57 Å². The number of nitrogens with zero attached hydrogens (tertiary/aromatic N) is 1. The number of carbonyl (C=O) groups excluding carboxylic acids is 1. The SMILES string of the molecule is CC[C@@H](C)C1CCNCC1.CN=C/C=C(\C)C=O. The van der Waals surface area contributed by atoms with Crippen LogP contribution in [0.5, 0.6) is 0 Å². The van der Waals surface area contributed by atoms with Gasteiger partial charge in [-0.1, -0.05) is 20.3 Å². The van der Waals surface area contributed by atoms with Gasteiger partial charge in [-0.25, -0.2) is 0 Å². The fraction of sp³-hybridized carbons (Fsp3) is 0.733. The Hall–Kier alpha value is -0.960. The van der Waals surface area contributed by atoms with E-state index in [-0.39, 0.29) is 0 Å². The van der Waals surface area contributed by atoms with Gasteiger partial charge >= 0.3 is 0 Å². The van der Waals surface area contributed by atoms with Crippen molar-refractivity contribution in [3.63, 3.8) is 0 Å². The minimum atomic E-state index is 0.690. The highest BCUT2D eigenvalue weighted by molar-refractivity contribution is 5.83. The summed E-state index contributed by atoms with van der Waals surface area (Å²) in [5.74, 6) is 1.95. The lowest BCUT2D eigenvalue weighted by Gasteiger charge is -2.27. The van der Waals surface area contributed by atoms with Crippen molar-refractivity contribution in [3.8, 4) is 0 Å². The van der Waals surface area contributed by atoms with Crippen LogP contribution in [0.2, 0.25) is 0 Å². The zero-order chi connectivity index (χ0) is 13.8. The van der Waals surface area contributed by atoms with Crippen molar-refractivity contribution in [2.75, 3.05) is 20.1 Å². The topological polar surface area (TPSA) is 41.5 Å². The summed E-state index contributed by atoms with van der Waals surface area (Å²) in [6, 6.07) is 0. The molecule has 3 nitrogen and oxygen atoms in total. The van der Waals surface area contributed by atoms with Gasteiger partial charge in [-0.15, -0.1) is 0 Å². The second-order valence-electron chi connectivity index (χ2n) is 4.91. The molecule has 1 atom stereocenters. The molecule has 1 saturated heterocycles. The number of aliphatic imine (C=N–C) groups is 1. The van der Waals surface area contributed by atoms with Crippen molar-refractivity contribution in [1.82, 2.24) is 5.32 Å². The van der Waals surface area contributed by atoms with Crippen molar-refractivity contribution >= 4 is 12.5 Å². The summed E-state index contributed by atoms with van der Waals surface area (Å²) >= 11 is 0. The summed E-state index contributed by atoms with van der Waals surface area (Å²) in [7, 11) is 1.66. The third-order valence-electron chi connectivity index (χ3n) is 3.50. The van der Waals surface area contributed by atoms with Crippen molar-refractivity contribution in [3.05, 3.63) is 11.6 Å². The summed E-state index contributed by atoms with van der Waals surface area (Å²) < 4.78 is 0. The third kappa shape index (κ3) is 8.18. The highest BCUT2D eigenvalue weighted by Gasteiger charge is 2.17. The molecule has 0 aromatic heterocycles. The Morgan fingerprint density at radius 2 is 2.06 bits per heavy atom. The Kier molecular flexibility index (Phi) is 10.6. The largest absolute Gasteiger partial charge is 0.317 e. The fourth-order valence-corrected chi connectivity index (χ4v) is 1.98. The van der Waals surface area contributed by atoms with Crippen molar-refractivity contribution < 1.29 is 4.79 Å². The number of aldehydes is 1. The first kappa shape index (κ1) is 17.0. The number of nitrogens with one attached hydrogen (secondary N) is 1. The molecule has 18 heavy (non-hydrogen) atoms. The second-order valence-corrected chi connectivity index (χ2v) is 4.91. The molecule has 0 spiro atoms. The van der Waals surface area contributed by atoms with Crippen LogP contribution >= 0.6 is 0 Å². The number of allylic oxidation sites excluding steroid dienone is 2. The maximum absolute atomic E-state index is 9.88. The molecule has 0 aromatic carbocycles. The normalized spacial score (nSPS) is 19.2. The molecule has 0 amide bonds. The monoisotopic (exact) mass is 252 g/mol. The number of rotatable bonds is 4. The summed E-state index contributed by atoms with van der Waals surface area (Å²) in [5.41, 5.74) is 0.690. The van der Waals surface area contributed by atoms with Crippen LogP contribution < -0.4 is 5.32 Å². The van der Waals surface area contributed by atoms with Gasteiger partial charge in [0.15, 0.2) is 0 Å². The van der Waals surface area contributed by atoms with Gasteiger partial charge < -0.3 is 5.32 Å². The van der Waals surface area contributed by atoms with E-state index in [0.717, 1.165) is 18.1 Å². The standard InChI is InChI=1S/C9H19N.C6H9NO/c1-3-8(2)9-4-6-10-7-5-9;1-6(5-8)3-4-7-2/h8-10H,3-7H2,1-2H3;3-5H,1-2H3/b;6-3+,7-4?/t8-;/m1./s1. The first-order chi connectivity index (χ1) is 8.65. The van der Waals surface area contributed by atoms with Gasteiger partial charge in [-0.3, -0.25) is 9.79 Å². The lowest BCUT2D eigenvalue weighted by Crippen LogP contribution is -2.30. The predicted octanol–water partition coefficient (Wildman–Crippen LogP) is 2.86. The minimum Gasteiger partial charge on any atom is -0.317 e. The van der Waals surface area contributed by atoms with Gasteiger partial charge in [0, 0.05) is 13.3 Å². The summed E-state index contributed by atoms with van der Waals surface area (Å²) in [4.78, 5) is 13.5. The molecule has 0 saturated carbocycles. The van der Waals surface area contributed by atoms with E-state index in [1.165, 1.54) is 32.4 Å². The molecule has 1 fully saturated rings. The van der Waals surface area contributed by atoms with Crippen LogP contribution in [0.1, 0.15) is 40.0 Å². The Balaban J connectivity index is 0.000000331. The average molecular weight is 252 g/mol. The highest BCUT2D eigenvalue weighted by atomic mass is 16.1. The molecule has 0 aromatic rings. The van der Waals surface area contributed by atoms with E-state index in [1.54, 1.807) is 26.3 Å². The molecular formula is C15H28N2O. The van der Waals surface area contributed by atoms with Crippen LogP contribution in [0.25, 0.3) is 0 Å². The van der Waals surface area contributed by atoms with Crippen molar-refractivity contribution in [2.45, 2.75) is 40.0 Å². The molecule has 1 rings (SSSR count). The van der Waals surface area contributed by atoms with Gasteiger partial charge in [-0.2, -0.15) is 0 Å². The summed E-state index contributed by atoms with van der Waals surface area (Å²) in [6.07, 6.45) is 8.19. The van der Waals surface area contributed by atoms with Gasteiger partial charge in [0.2, 0.25) is 0 Å². The highest BCUT2D eigenvalue weighted by Crippen LogP contribution is 2.23. The summed E-state index contributed by atoms with van der Waals surface area (Å²) in [5, 5.41) is 3.39. The molecule has 104 valence electrons. The molecule has 0 bridgehead atoms. The van der Waals surface area contributed by atoms with Crippen LogP contribution in [-0.4, -0.2) is 32.6 Å². The predicted molar refractivity (Wildman–Crippen MR) is 79.3 cm³/mol. The molecule has 1 N–H and O–H groups in total. The van der Waals surface area contributed by atoms with Gasteiger partial charge in [0.1, 0.15) is 6.29 Å². The van der Waals surface area contributed by atoms with Crippen LogP contribution in [0.15, 0.2) is 16.6 Å². The Bertz CT molecular complexity index is 266. The maximum atomic E-state index is 9.88. The number of piperidine rings is 1. The van der Waals surface area contributed by atoms with Gasteiger partial charge in [0.05, 0.1) is 0 Å². The molecule has 0 radical (unpaired) electrons. The van der Waals surface area contributed by atoms with E-state index in [9.17, 15) is 4.79 Å². The molecule has 0 unspecified atom stereocenters.